The van der Waals surface area contributed by atoms with Crippen LogP contribution in [0.1, 0.15) is 31.0 Å². The lowest BCUT2D eigenvalue weighted by Gasteiger charge is -2.08. The van der Waals surface area contributed by atoms with E-state index in [9.17, 15) is 4.79 Å². The maximum absolute atomic E-state index is 11.5. The molecule has 4 rings (SSSR count). The number of carbonyl (C=O) groups is 1. The first-order chi connectivity index (χ1) is 14.7. The van der Waals surface area contributed by atoms with Crippen LogP contribution in [0.2, 0.25) is 0 Å². The van der Waals surface area contributed by atoms with Gasteiger partial charge in [0.25, 0.3) is 0 Å². The molecule has 0 aromatic carbocycles. The fourth-order valence-electron chi connectivity index (χ4n) is 3.39. The van der Waals surface area contributed by atoms with Crippen molar-refractivity contribution in [1.29, 1.82) is 0 Å². The van der Waals surface area contributed by atoms with E-state index in [1.54, 1.807) is 19.6 Å². The summed E-state index contributed by atoms with van der Waals surface area (Å²) in [6.45, 7) is 3.22. The van der Waals surface area contributed by atoms with Crippen molar-refractivity contribution in [1.82, 2.24) is 29.8 Å². The van der Waals surface area contributed by atoms with E-state index in [4.69, 9.17) is 4.74 Å². The third kappa shape index (κ3) is 4.22. The van der Waals surface area contributed by atoms with Crippen LogP contribution in [-0.4, -0.2) is 44.1 Å². The van der Waals surface area contributed by atoms with E-state index >= 15 is 0 Å². The molecule has 0 unspecified atom stereocenters. The largest absolute Gasteiger partial charge is 0.481 e. The molecule has 1 amide bonds. The zero-order valence-electron chi connectivity index (χ0n) is 17.1. The lowest BCUT2D eigenvalue weighted by atomic mass is 10.2. The molecule has 1 N–H and O–H groups in total. The number of carbonyl (C=O) groups excluding carboxylic acids is 1. The summed E-state index contributed by atoms with van der Waals surface area (Å²) < 4.78 is 7.26. The van der Waals surface area contributed by atoms with Gasteiger partial charge in [-0.25, -0.2) is 9.97 Å². The molecule has 0 atom stereocenters. The molecule has 4 aromatic heterocycles. The molecule has 8 nitrogen and oxygen atoms in total. The van der Waals surface area contributed by atoms with Crippen molar-refractivity contribution in [3.8, 4) is 5.88 Å². The molecule has 0 fully saturated rings. The van der Waals surface area contributed by atoms with E-state index in [2.05, 4.69) is 35.9 Å². The van der Waals surface area contributed by atoms with Gasteiger partial charge >= 0.3 is 0 Å². The van der Waals surface area contributed by atoms with Gasteiger partial charge in [-0.3, -0.25) is 9.78 Å². The number of fused-ring (bicyclic) bond motifs is 3. The first kappa shape index (κ1) is 19.8. The lowest BCUT2D eigenvalue weighted by Crippen LogP contribution is -2.25. The van der Waals surface area contributed by atoms with Gasteiger partial charge in [-0.1, -0.05) is 13.0 Å². The van der Waals surface area contributed by atoms with Gasteiger partial charge in [-0.15, -0.1) is 0 Å². The van der Waals surface area contributed by atoms with Gasteiger partial charge in [-0.05, 0) is 30.5 Å². The molecular formula is C22H24N6O2. The Morgan fingerprint density at radius 3 is 2.80 bits per heavy atom. The van der Waals surface area contributed by atoms with Gasteiger partial charge in [0.15, 0.2) is 5.65 Å². The number of ether oxygens (including phenoxy) is 1. The molecule has 0 aliphatic rings. The standard InChI is InChI=1S/C22H24N6O2/c1-3-4-19(29)23-10-9-15-5-6-16(24-11-15)13-28-14-26-18-12-25-22-17(21(18)28)7-8-20(27-22)30-2/h5-8,11-12,14H,3-4,9-10,13H2,1-2H3,(H,23,29). The van der Waals surface area contributed by atoms with Gasteiger partial charge < -0.3 is 14.6 Å². The molecule has 0 saturated heterocycles. The number of methoxy groups -OCH3 is 1. The van der Waals surface area contributed by atoms with E-state index in [-0.39, 0.29) is 5.91 Å². The fraction of sp³-hybridized carbons (Fsp3) is 0.318. The summed E-state index contributed by atoms with van der Waals surface area (Å²) in [5, 5.41) is 3.85. The number of amides is 1. The van der Waals surface area contributed by atoms with E-state index in [0.29, 0.717) is 31.0 Å². The van der Waals surface area contributed by atoms with Gasteiger partial charge in [0, 0.05) is 30.6 Å². The fourth-order valence-corrected chi connectivity index (χ4v) is 3.39. The van der Waals surface area contributed by atoms with Crippen molar-refractivity contribution in [2.45, 2.75) is 32.7 Å². The molecule has 154 valence electrons. The minimum absolute atomic E-state index is 0.0999. The van der Waals surface area contributed by atoms with Crippen LogP contribution in [0.25, 0.3) is 22.1 Å². The molecule has 8 heteroatoms. The van der Waals surface area contributed by atoms with Gasteiger partial charge in [0.05, 0.1) is 37.4 Å². The Morgan fingerprint density at radius 2 is 2.03 bits per heavy atom. The van der Waals surface area contributed by atoms with Crippen molar-refractivity contribution in [3.05, 3.63) is 54.2 Å². The first-order valence-corrected chi connectivity index (χ1v) is 10.0. The quantitative estimate of drug-likeness (QED) is 0.485. The predicted molar refractivity (Wildman–Crippen MR) is 114 cm³/mol. The topological polar surface area (TPSA) is 94.8 Å². The molecule has 0 radical (unpaired) electrons. The summed E-state index contributed by atoms with van der Waals surface area (Å²) in [5.74, 6) is 0.631. The predicted octanol–water partition coefficient (Wildman–Crippen LogP) is 2.89. The Morgan fingerprint density at radius 1 is 1.13 bits per heavy atom. The first-order valence-electron chi connectivity index (χ1n) is 10.0. The van der Waals surface area contributed by atoms with E-state index in [1.807, 2.05) is 31.3 Å². The summed E-state index contributed by atoms with van der Waals surface area (Å²) in [6.07, 6.45) is 7.59. The third-order valence-corrected chi connectivity index (χ3v) is 4.92. The Hall–Kier alpha value is -3.55. The summed E-state index contributed by atoms with van der Waals surface area (Å²) in [7, 11) is 1.59. The van der Waals surface area contributed by atoms with Crippen LogP contribution < -0.4 is 10.1 Å². The molecular weight excluding hydrogens is 380 g/mol. The number of rotatable bonds is 8. The van der Waals surface area contributed by atoms with Crippen LogP contribution in [-0.2, 0) is 17.8 Å². The molecule has 0 aliphatic carbocycles. The number of aromatic nitrogens is 5. The van der Waals surface area contributed by atoms with Crippen LogP contribution in [0, 0.1) is 0 Å². The zero-order chi connectivity index (χ0) is 20.9. The molecule has 4 heterocycles. The van der Waals surface area contributed by atoms with E-state index < -0.39 is 0 Å². The number of nitrogens with zero attached hydrogens (tertiary/aromatic N) is 5. The average Bonchev–Trinajstić information content (AvgIpc) is 3.18. The van der Waals surface area contributed by atoms with Crippen molar-refractivity contribution in [2.24, 2.45) is 0 Å². The second-order valence-electron chi connectivity index (χ2n) is 7.10. The molecule has 0 aliphatic heterocycles. The SMILES string of the molecule is CCCC(=O)NCCc1ccc(Cn2cnc3cnc4nc(OC)ccc4c32)nc1. The lowest BCUT2D eigenvalue weighted by molar-refractivity contribution is -0.121. The van der Waals surface area contributed by atoms with Crippen molar-refractivity contribution in [2.75, 3.05) is 13.7 Å². The Bertz CT molecular complexity index is 1170. The summed E-state index contributed by atoms with van der Waals surface area (Å²) in [6, 6.07) is 7.85. The zero-order valence-corrected chi connectivity index (χ0v) is 17.1. The molecule has 0 spiro atoms. The smallest absolute Gasteiger partial charge is 0.219 e. The second kappa shape index (κ2) is 8.86. The average molecular weight is 404 g/mol. The highest BCUT2D eigenvalue weighted by atomic mass is 16.5. The molecule has 4 aromatic rings. The number of pyridine rings is 3. The van der Waals surface area contributed by atoms with Crippen molar-refractivity contribution >= 4 is 28.0 Å². The number of hydrogen-bond donors (Lipinski definition) is 1. The van der Waals surface area contributed by atoms with E-state index in [1.165, 1.54) is 0 Å². The van der Waals surface area contributed by atoms with Crippen LogP contribution in [0.5, 0.6) is 5.88 Å². The minimum Gasteiger partial charge on any atom is -0.481 e. The maximum atomic E-state index is 11.5. The normalized spacial score (nSPS) is 11.1. The Labute approximate surface area is 174 Å². The Balaban J connectivity index is 1.50. The molecule has 0 bridgehead atoms. The number of nitrogens with one attached hydrogen (secondary N) is 1. The third-order valence-electron chi connectivity index (χ3n) is 4.92. The Kier molecular flexibility index (Phi) is 5.83. The van der Waals surface area contributed by atoms with Gasteiger partial charge in [0.1, 0.15) is 5.52 Å². The van der Waals surface area contributed by atoms with Crippen LogP contribution in [0.4, 0.5) is 0 Å². The van der Waals surface area contributed by atoms with Crippen molar-refractivity contribution < 1.29 is 9.53 Å². The van der Waals surface area contributed by atoms with E-state index in [0.717, 1.165) is 40.5 Å². The minimum atomic E-state index is 0.0999. The summed E-state index contributed by atoms with van der Waals surface area (Å²) in [4.78, 5) is 29.4. The van der Waals surface area contributed by atoms with Crippen LogP contribution in [0.15, 0.2) is 43.0 Å². The summed E-state index contributed by atoms with van der Waals surface area (Å²) >= 11 is 0. The molecule has 0 saturated carbocycles. The highest BCUT2D eigenvalue weighted by Crippen LogP contribution is 2.24. The highest BCUT2D eigenvalue weighted by Gasteiger charge is 2.11. The highest BCUT2D eigenvalue weighted by molar-refractivity contribution is 6.00. The molecule has 30 heavy (non-hydrogen) atoms. The maximum Gasteiger partial charge on any atom is 0.219 e. The van der Waals surface area contributed by atoms with Crippen LogP contribution in [0.3, 0.4) is 0 Å². The monoisotopic (exact) mass is 404 g/mol. The number of hydrogen-bond acceptors (Lipinski definition) is 6. The van der Waals surface area contributed by atoms with Gasteiger partial charge in [0.2, 0.25) is 11.8 Å². The van der Waals surface area contributed by atoms with Gasteiger partial charge in [-0.2, -0.15) is 4.98 Å². The second-order valence-corrected chi connectivity index (χ2v) is 7.10. The number of imidazole rings is 1. The summed E-state index contributed by atoms with van der Waals surface area (Å²) in [5.41, 5.74) is 4.43. The van der Waals surface area contributed by atoms with Crippen LogP contribution >= 0.6 is 0 Å². The van der Waals surface area contributed by atoms with Crippen molar-refractivity contribution in [3.63, 3.8) is 0 Å².